The first-order valence-electron chi connectivity index (χ1n) is 7.49. The van der Waals surface area contributed by atoms with Crippen molar-refractivity contribution in [2.45, 2.75) is 0 Å². The first-order chi connectivity index (χ1) is 13.3. The van der Waals surface area contributed by atoms with Gasteiger partial charge >= 0.3 is 0 Å². The Labute approximate surface area is 177 Å². The SMILES string of the molecule is O=C(COc1ccc(Br)cc1Cl)NNC(=S)NC(=O)c1ccccc1[N+](=O)[O-]. The van der Waals surface area contributed by atoms with Crippen LogP contribution in [0.25, 0.3) is 0 Å². The van der Waals surface area contributed by atoms with E-state index in [2.05, 4.69) is 32.1 Å². The van der Waals surface area contributed by atoms with Gasteiger partial charge in [0.15, 0.2) is 11.7 Å². The number of nitrogens with one attached hydrogen (secondary N) is 3. The Morgan fingerprint density at radius 1 is 1.21 bits per heavy atom. The third-order valence-electron chi connectivity index (χ3n) is 3.14. The van der Waals surface area contributed by atoms with Gasteiger partial charge in [-0.15, -0.1) is 0 Å². The van der Waals surface area contributed by atoms with Gasteiger partial charge in [0.2, 0.25) is 0 Å². The smallest absolute Gasteiger partial charge is 0.282 e. The molecule has 0 aliphatic rings. The van der Waals surface area contributed by atoms with Crippen LogP contribution in [0.15, 0.2) is 46.9 Å². The lowest BCUT2D eigenvalue weighted by atomic mass is 10.1. The molecule has 2 aromatic carbocycles. The van der Waals surface area contributed by atoms with Crippen LogP contribution in [0.5, 0.6) is 5.75 Å². The van der Waals surface area contributed by atoms with Crippen LogP contribution in [-0.4, -0.2) is 28.5 Å². The molecule has 12 heteroatoms. The number of rotatable bonds is 5. The van der Waals surface area contributed by atoms with Crippen molar-refractivity contribution < 1.29 is 19.2 Å². The molecule has 0 saturated heterocycles. The van der Waals surface area contributed by atoms with E-state index in [1.54, 1.807) is 18.2 Å². The second kappa shape index (κ2) is 9.97. The Bertz CT molecular complexity index is 943. The van der Waals surface area contributed by atoms with Crippen LogP contribution in [0.3, 0.4) is 0 Å². The number of hydrogen-bond acceptors (Lipinski definition) is 6. The van der Waals surface area contributed by atoms with Crippen LogP contribution in [0.1, 0.15) is 10.4 Å². The van der Waals surface area contributed by atoms with E-state index in [1.807, 2.05) is 0 Å². The topological polar surface area (TPSA) is 123 Å². The second-order valence-corrected chi connectivity index (χ2v) is 6.83. The number of nitro benzene ring substituents is 1. The summed E-state index contributed by atoms with van der Waals surface area (Å²) in [4.78, 5) is 34.2. The summed E-state index contributed by atoms with van der Waals surface area (Å²) in [6.07, 6.45) is 0. The quantitative estimate of drug-likeness (QED) is 0.337. The molecular weight excluding hydrogens is 476 g/mol. The molecule has 0 radical (unpaired) electrons. The number of halogens is 2. The minimum Gasteiger partial charge on any atom is -0.482 e. The molecule has 2 amide bonds. The highest BCUT2D eigenvalue weighted by atomic mass is 79.9. The van der Waals surface area contributed by atoms with E-state index < -0.39 is 16.7 Å². The highest BCUT2D eigenvalue weighted by Gasteiger charge is 2.20. The molecule has 0 saturated carbocycles. The van der Waals surface area contributed by atoms with E-state index in [0.717, 1.165) is 4.47 Å². The lowest BCUT2D eigenvalue weighted by Crippen LogP contribution is -2.49. The molecular formula is C16H12BrClN4O5S. The van der Waals surface area contributed by atoms with Crippen molar-refractivity contribution in [1.29, 1.82) is 0 Å². The minimum atomic E-state index is -0.794. The zero-order valence-electron chi connectivity index (χ0n) is 13.9. The standard InChI is InChI=1S/C16H12BrClN4O5S/c17-9-5-6-13(11(18)7-9)27-8-14(23)20-21-16(28)19-15(24)10-3-1-2-4-12(10)22(25)26/h1-7H,8H2,(H,20,23)(H2,19,21,24,28). The summed E-state index contributed by atoms with van der Waals surface area (Å²) >= 11 is 14.1. The summed E-state index contributed by atoms with van der Waals surface area (Å²) in [6.45, 7) is -0.366. The molecule has 0 heterocycles. The summed E-state index contributed by atoms with van der Waals surface area (Å²) in [6, 6.07) is 10.3. The first-order valence-corrected chi connectivity index (χ1v) is 9.07. The predicted octanol–water partition coefficient (Wildman–Crippen LogP) is 2.73. The number of carbonyl (C=O) groups is 2. The third-order valence-corrected chi connectivity index (χ3v) is 4.13. The Balaban J connectivity index is 1.82. The number of nitro groups is 1. The molecule has 0 fully saturated rings. The summed E-state index contributed by atoms with van der Waals surface area (Å²) in [5.41, 5.74) is 3.98. The fraction of sp³-hybridized carbons (Fsp3) is 0.0625. The fourth-order valence-electron chi connectivity index (χ4n) is 1.92. The van der Waals surface area contributed by atoms with E-state index in [4.69, 9.17) is 28.6 Å². The predicted molar refractivity (Wildman–Crippen MR) is 109 cm³/mol. The zero-order valence-corrected chi connectivity index (χ0v) is 17.1. The van der Waals surface area contributed by atoms with Crippen LogP contribution >= 0.6 is 39.7 Å². The Morgan fingerprint density at radius 2 is 1.93 bits per heavy atom. The van der Waals surface area contributed by atoms with Crippen molar-refractivity contribution in [1.82, 2.24) is 16.2 Å². The molecule has 146 valence electrons. The van der Waals surface area contributed by atoms with Crippen LogP contribution in [-0.2, 0) is 4.79 Å². The van der Waals surface area contributed by atoms with Gasteiger partial charge in [0.1, 0.15) is 11.3 Å². The molecule has 28 heavy (non-hydrogen) atoms. The number of para-hydroxylation sites is 1. The molecule has 9 nitrogen and oxygen atoms in total. The van der Waals surface area contributed by atoms with Gasteiger partial charge < -0.3 is 4.74 Å². The van der Waals surface area contributed by atoms with Gasteiger partial charge in [0.25, 0.3) is 17.5 Å². The summed E-state index contributed by atoms with van der Waals surface area (Å²) in [5.74, 6) is -1.08. The number of hydrazine groups is 1. The van der Waals surface area contributed by atoms with Gasteiger partial charge in [-0.2, -0.15) is 0 Å². The van der Waals surface area contributed by atoms with Crippen LogP contribution in [0.2, 0.25) is 5.02 Å². The highest BCUT2D eigenvalue weighted by Crippen LogP contribution is 2.27. The number of nitrogens with zero attached hydrogens (tertiary/aromatic N) is 1. The Hall–Kier alpha value is -2.76. The maximum atomic E-state index is 12.1. The normalized spacial score (nSPS) is 9.93. The lowest BCUT2D eigenvalue weighted by Gasteiger charge is -2.12. The summed E-state index contributed by atoms with van der Waals surface area (Å²) in [5, 5.41) is 13.3. The Morgan fingerprint density at radius 3 is 2.61 bits per heavy atom. The second-order valence-electron chi connectivity index (χ2n) is 5.09. The molecule has 3 N–H and O–H groups in total. The average molecular weight is 488 g/mol. The number of carbonyl (C=O) groups excluding carboxylic acids is 2. The number of thiocarbonyl (C=S) groups is 1. The maximum Gasteiger partial charge on any atom is 0.282 e. The first kappa shape index (κ1) is 21.5. The molecule has 0 spiro atoms. The molecule has 0 aliphatic heterocycles. The van der Waals surface area contributed by atoms with Crippen molar-refractivity contribution in [3.05, 3.63) is 67.6 Å². The number of benzene rings is 2. The van der Waals surface area contributed by atoms with Gasteiger partial charge in [-0.3, -0.25) is 35.9 Å². The van der Waals surface area contributed by atoms with Crippen molar-refractivity contribution in [2.75, 3.05) is 6.61 Å². The van der Waals surface area contributed by atoms with Crippen molar-refractivity contribution in [3.63, 3.8) is 0 Å². The van der Waals surface area contributed by atoms with Crippen LogP contribution in [0, 0.1) is 10.1 Å². The van der Waals surface area contributed by atoms with Gasteiger partial charge in [0.05, 0.1) is 9.95 Å². The molecule has 0 atom stereocenters. The van der Waals surface area contributed by atoms with Crippen LogP contribution < -0.4 is 20.9 Å². The third kappa shape index (κ3) is 6.15. The Kier molecular flexibility index (Phi) is 7.67. The largest absolute Gasteiger partial charge is 0.482 e. The van der Waals surface area contributed by atoms with Crippen molar-refractivity contribution >= 4 is 62.4 Å². The molecule has 2 rings (SSSR count). The summed E-state index contributed by atoms with van der Waals surface area (Å²) in [7, 11) is 0. The molecule has 2 aromatic rings. The molecule has 0 unspecified atom stereocenters. The number of hydrogen-bond donors (Lipinski definition) is 3. The van der Waals surface area contributed by atoms with Crippen molar-refractivity contribution in [2.24, 2.45) is 0 Å². The van der Waals surface area contributed by atoms with Gasteiger partial charge in [-0.05, 0) is 36.5 Å². The van der Waals surface area contributed by atoms with Crippen molar-refractivity contribution in [3.8, 4) is 5.75 Å². The maximum absolute atomic E-state index is 12.1. The average Bonchev–Trinajstić information content (AvgIpc) is 2.65. The highest BCUT2D eigenvalue weighted by molar-refractivity contribution is 9.10. The van der Waals surface area contributed by atoms with E-state index in [-0.39, 0.29) is 23.0 Å². The lowest BCUT2D eigenvalue weighted by molar-refractivity contribution is -0.385. The monoisotopic (exact) mass is 486 g/mol. The number of amides is 2. The van der Waals surface area contributed by atoms with E-state index in [1.165, 1.54) is 24.3 Å². The van der Waals surface area contributed by atoms with Gasteiger partial charge in [-0.1, -0.05) is 39.7 Å². The van der Waals surface area contributed by atoms with E-state index in [0.29, 0.717) is 10.8 Å². The zero-order chi connectivity index (χ0) is 20.7. The van der Waals surface area contributed by atoms with Crippen LogP contribution in [0.4, 0.5) is 5.69 Å². The van der Waals surface area contributed by atoms with Gasteiger partial charge in [0, 0.05) is 10.5 Å². The minimum absolute atomic E-state index is 0.170. The van der Waals surface area contributed by atoms with E-state index >= 15 is 0 Å². The van der Waals surface area contributed by atoms with E-state index in [9.17, 15) is 19.7 Å². The molecule has 0 aromatic heterocycles. The van der Waals surface area contributed by atoms with Gasteiger partial charge in [-0.25, -0.2) is 0 Å². The molecule has 0 aliphatic carbocycles. The molecule has 0 bridgehead atoms. The summed E-state index contributed by atoms with van der Waals surface area (Å²) < 4.78 is 6.03. The number of ether oxygens (including phenoxy) is 1. The fourth-order valence-corrected chi connectivity index (χ4v) is 2.80.